The van der Waals surface area contributed by atoms with E-state index >= 15 is 0 Å². The van der Waals surface area contributed by atoms with Gasteiger partial charge in [-0.15, -0.1) is 0 Å². The zero-order valence-corrected chi connectivity index (χ0v) is 16.1. The molecule has 0 aliphatic heterocycles. The third kappa shape index (κ3) is 3.84. The summed E-state index contributed by atoms with van der Waals surface area (Å²) in [4.78, 5) is 21.5. The number of hydrogen-bond donors (Lipinski definition) is 0. The van der Waals surface area contributed by atoms with E-state index in [1.165, 1.54) is 0 Å². The van der Waals surface area contributed by atoms with Gasteiger partial charge in [-0.3, -0.25) is 4.98 Å². The number of pyridine rings is 2. The van der Waals surface area contributed by atoms with E-state index in [0.717, 1.165) is 22.0 Å². The topological polar surface area (TPSA) is 52.1 Å². The number of hydrogen-bond acceptors (Lipinski definition) is 4. The van der Waals surface area contributed by atoms with E-state index in [1.54, 1.807) is 36.7 Å². The van der Waals surface area contributed by atoms with Crippen LogP contribution in [0.4, 0.5) is 0 Å². The first-order valence-corrected chi connectivity index (χ1v) is 9.28. The van der Waals surface area contributed by atoms with Gasteiger partial charge in [0.25, 0.3) is 0 Å². The predicted octanol–water partition coefficient (Wildman–Crippen LogP) is 5.96. The molecule has 0 saturated heterocycles. The Bertz CT molecular complexity index is 1160. The minimum Gasteiger partial charge on any atom is -0.457 e. The molecule has 4 nitrogen and oxygen atoms in total. The summed E-state index contributed by atoms with van der Waals surface area (Å²) in [5.41, 5.74) is 3.49. The van der Waals surface area contributed by atoms with Crippen LogP contribution in [0.1, 0.15) is 15.9 Å². The Morgan fingerprint density at radius 2 is 1.71 bits per heavy atom. The average molecular weight is 409 g/mol. The molecule has 4 aromatic rings. The van der Waals surface area contributed by atoms with Gasteiger partial charge >= 0.3 is 5.97 Å². The lowest BCUT2D eigenvalue weighted by molar-refractivity contribution is 0.0475. The first-order chi connectivity index (χ1) is 13.6. The van der Waals surface area contributed by atoms with Crippen molar-refractivity contribution >= 4 is 40.1 Å². The fourth-order valence-electron chi connectivity index (χ4n) is 2.87. The van der Waals surface area contributed by atoms with Crippen molar-refractivity contribution in [1.29, 1.82) is 0 Å². The molecule has 0 spiro atoms. The predicted molar refractivity (Wildman–Crippen MR) is 111 cm³/mol. The van der Waals surface area contributed by atoms with Crippen LogP contribution in [0.2, 0.25) is 10.0 Å². The molecule has 4 rings (SSSR count). The van der Waals surface area contributed by atoms with Crippen molar-refractivity contribution < 1.29 is 9.53 Å². The SMILES string of the molecule is O=C(OCc1ccc(Cl)c(Cl)c1)c1cc(-c2ccncc2)nc2ccccc12. The standard InChI is InChI=1S/C22H14Cl2N2O2/c23-18-6-5-14(11-19(18)24)13-28-22(27)17-12-21(15-7-9-25-10-8-15)26-20-4-2-1-3-16(17)20/h1-12H,13H2. The number of esters is 1. The summed E-state index contributed by atoms with van der Waals surface area (Å²) in [6.07, 6.45) is 3.38. The van der Waals surface area contributed by atoms with Crippen LogP contribution in [0.5, 0.6) is 0 Å². The van der Waals surface area contributed by atoms with Crippen molar-refractivity contribution in [3.63, 3.8) is 0 Å². The van der Waals surface area contributed by atoms with E-state index in [2.05, 4.69) is 9.97 Å². The number of nitrogens with zero attached hydrogens (tertiary/aromatic N) is 2. The fourth-order valence-corrected chi connectivity index (χ4v) is 3.19. The third-order valence-corrected chi connectivity index (χ3v) is 5.01. The molecule has 2 heterocycles. The number of benzene rings is 2. The lowest BCUT2D eigenvalue weighted by atomic mass is 10.0. The maximum Gasteiger partial charge on any atom is 0.339 e. The van der Waals surface area contributed by atoms with Crippen LogP contribution in [-0.4, -0.2) is 15.9 Å². The molecule has 0 unspecified atom stereocenters. The Labute approximate surface area is 171 Å². The minimum absolute atomic E-state index is 0.0942. The molecular formula is C22H14Cl2N2O2. The van der Waals surface area contributed by atoms with Crippen LogP contribution < -0.4 is 0 Å². The second-order valence-electron chi connectivity index (χ2n) is 6.13. The van der Waals surface area contributed by atoms with Crippen LogP contribution in [0.15, 0.2) is 73.1 Å². The van der Waals surface area contributed by atoms with Gasteiger partial charge in [-0.05, 0) is 42.0 Å². The molecule has 0 aliphatic rings. The van der Waals surface area contributed by atoms with Gasteiger partial charge < -0.3 is 4.74 Å². The van der Waals surface area contributed by atoms with Crippen molar-refractivity contribution in [2.45, 2.75) is 6.61 Å². The van der Waals surface area contributed by atoms with Gasteiger partial charge in [0.1, 0.15) is 6.61 Å². The molecule has 138 valence electrons. The number of ether oxygens (including phenoxy) is 1. The molecule has 2 aromatic heterocycles. The Kier molecular flexibility index (Phi) is 5.24. The Morgan fingerprint density at radius 3 is 2.50 bits per heavy atom. The summed E-state index contributed by atoms with van der Waals surface area (Å²) in [6.45, 7) is 0.0942. The lowest BCUT2D eigenvalue weighted by Crippen LogP contribution is -2.07. The minimum atomic E-state index is -0.431. The number of halogens is 2. The van der Waals surface area contributed by atoms with E-state index in [1.807, 2.05) is 36.4 Å². The summed E-state index contributed by atoms with van der Waals surface area (Å²) in [7, 11) is 0. The first-order valence-electron chi connectivity index (χ1n) is 8.53. The summed E-state index contributed by atoms with van der Waals surface area (Å²) in [6, 6.07) is 18.1. The smallest absolute Gasteiger partial charge is 0.339 e. The molecule has 0 fully saturated rings. The highest BCUT2D eigenvalue weighted by Gasteiger charge is 2.15. The molecule has 0 bridgehead atoms. The summed E-state index contributed by atoms with van der Waals surface area (Å²) in [5, 5.41) is 1.61. The van der Waals surface area contributed by atoms with Crippen molar-refractivity contribution in [2.24, 2.45) is 0 Å². The first kappa shape index (κ1) is 18.4. The van der Waals surface area contributed by atoms with E-state index in [-0.39, 0.29) is 6.61 Å². The van der Waals surface area contributed by atoms with Crippen molar-refractivity contribution in [3.8, 4) is 11.3 Å². The van der Waals surface area contributed by atoms with Gasteiger partial charge in [0.05, 0.1) is 26.8 Å². The molecule has 0 amide bonds. The van der Waals surface area contributed by atoms with Crippen LogP contribution >= 0.6 is 23.2 Å². The number of aromatic nitrogens is 2. The van der Waals surface area contributed by atoms with Gasteiger partial charge in [0.15, 0.2) is 0 Å². The van der Waals surface area contributed by atoms with Gasteiger partial charge in [-0.1, -0.05) is 47.5 Å². The summed E-state index contributed by atoms with van der Waals surface area (Å²) >= 11 is 12.0. The quantitative estimate of drug-likeness (QED) is 0.390. The average Bonchev–Trinajstić information content (AvgIpc) is 2.74. The molecule has 28 heavy (non-hydrogen) atoms. The van der Waals surface area contributed by atoms with Crippen LogP contribution in [-0.2, 0) is 11.3 Å². The van der Waals surface area contributed by atoms with Gasteiger partial charge in [-0.25, -0.2) is 9.78 Å². The van der Waals surface area contributed by atoms with Crippen LogP contribution in [0, 0.1) is 0 Å². The van der Waals surface area contributed by atoms with Crippen molar-refractivity contribution in [3.05, 3.63) is 94.2 Å². The largest absolute Gasteiger partial charge is 0.457 e. The molecule has 0 saturated carbocycles. The number of para-hydroxylation sites is 1. The summed E-state index contributed by atoms with van der Waals surface area (Å²) < 4.78 is 5.53. The number of fused-ring (bicyclic) bond motifs is 1. The summed E-state index contributed by atoms with van der Waals surface area (Å²) in [5.74, 6) is -0.431. The maximum absolute atomic E-state index is 12.8. The number of carbonyl (C=O) groups excluding carboxylic acids is 1. The fraction of sp³-hybridized carbons (Fsp3) is 0.0455. The highest BCUT2D eigenvalue weighted by atomic mass is 35.5. The van der Waals surface area contributed by atoms with Crippen LogP contribution in [0.25, 0.3) is 22.2 Å². The van der Waals surface area contributed by atoms with Crippen molar-refractivity contribution in [1.82, 2.24) is 9.97 Å². The second kappa shape index (κ2) is 7.97. The Balaban J connectivity index is 1.68. The second-order valence-corrected chi connectivity index (χ2v) is 6.95. The van der Waals surface area contributed by atoms with Crippen LogP contribution in [0.3, 0.4) is 0 Å². The molecule has 2 aromatic carbocycles. The molecule has 6 heteroatoms. The molecule has 0 aliphatic carbocycles. The van der Waals surface area contributed by atoms with Gasteiger partial charge in [0, 0.05) is 23.3 Å². The van der Waals surface area contributed by atoms with E-state index < -0.39 is 5.97 Å². The normalized spacial score (nSPS) is 10.8. The zero-order valence-electron chi connectivity index (χ0n) is 14.6. The number of rotatable bonds is 4. The van der Waals surface area contributed by atoms with Gasteiger partial charge in [-0.2, -0.15) is 0 Å². The Hall–Kier alpha value is -2.95. The van der Waals surface area contributed by atoms with E-state index in [0.29, 0.717) is 21.3 Å². The van der Waals surface area contributed by atoms with Gasteiger partial charge in [0.2, 0.25) is 0 Å². The highest BCUT2D eigenvalue weighted by Crippen LogP contribution is 2.26. The monoisotopic (exact) mass is 408 g/mol. The Morgan fingerprint density at radius 1 is 0.929 bits per heavy atom. The third-order valence-electron chi connectivity index (χ3n) is 4.27. The number of carbonyl (C=O) groups is 1. The molecule has 0 atom stereocenters. The molecule has 0 N–H and O–H groups in total. The zero-order chi connectivity index (χ0) is 19.5. The molecule has 0 radical (unpaired) electrons. The van der Waals surface area contributed by atoms with E-state index in [4.69, 9.17) is 27.9 Å². The van der Waals surface area contributed by atoms with E-state index in [9.17, 15) is 4.79 Å². The van der Waals surface area contributed by atoms with Crippen molar-refractivity contribution in [2.75, 3.05) is 0 Å². The maximum atomic E-state index is 12.8. The molecular weight excluding hydrogens is 395 g/mol. The highest BCUT2D eigenvalue weighted by molar-refractivity contribution is 6.42. The lowest BCUT2D eigenvalue weighted by Gasteiger charge is -2.10.